The third-order valence-electron chi connectivity index (χ3n) is 2.71. The number of aryl methyl sites for hydroxylation is 1. The van der Waals surface area contributed by atoms with Crippen LogP contribution in [0.2, 0.25) is 0 Å². The summed E-state index contributed by atoms with van der Waals surface area (Å²) in [5.41, 5.74) is 3.43. The highest BCUT2D eigenvalue weighted by molar-refractivity contribution is 9.10. The fraction of sp³-hybridized carbons (Fsp3) is 0.250. The summed E-state index contributed by atoms with van der Waals surface area (Å²) in [4.78, 5) is 4.55. The van der Waals surface area contributed by atoms with E-state index in [2.05, 4.69) is 27.0 Å². The zero-order valence-corrected chi connectivity index (χ0v) is 9.97. The van der Waals surface area contributed by atoms with Crippen molar-refractivity contribution < 1.29 is 4.74 Å². The van der Waals surface area contributed by atoms with Crippen molar-refractivity contribution in [3.05, 3.63) is 33.9 Å². The van der Waals surface area contributed by atoms with Crippen molar-refractivity contribution in [2.75, 3.05) is 6.61 Å². The summed E-state index contributed by atoms with van der Waals surface area (Å²) in [7, 11) is 0. The molecule has 2 nitrogen and oxygen atoms in total. The SMILES string of the molecule is Cc1cc2c3c(ccc(Br)c3n1)OCC2. The molecule has 0 atom stereocenters. The molecular formula is C12H10BrNO. The van der Waals surface area contributed by atoms with Gasteiger partial charge in [0, 0.05) is 22.0 Å². The molecule has 1 aliphatic rings. The number of hydrogen-bond donors (Lipinski definition) is 0. The zero-order chi connectivity index (χ0) is 10.4. The van der Waals surface area contributed by atoms with E-state index in [1.807, 2.05) is 19.1 Å². The van der Waals surface area contributed by atoms with Gasteiger partial charge in [-0.2, -0.15) is 0 Å². The van der Waals surface area contributed by atoms with E-state index in [0.717, 1.165) is 34.5 Å². The van der Waals surface area contributed by atoms with Crippen LogP contribution in [0, 0.1) is 6.92 Å². The van der Waals surface area contributed by atoms with Crippen LogP contribution in [0.4, 0.5) is 0 Å². The molecular weight excluding hydrogens is 254 g/mol. The highest BCUT2D eigenvalue weighted by atomic mass is 79.9. The van der Waals surface area contributed by atoms with Crippen LogP contribution in [-0.4, -0.2) is 11.6 Å². The molecule has 0 saturated heterocycles. The quantitative estimate of drug-likeness (QED) is 0.728. The van der Waals surface area contributed by atoms with Crippen molar-refractivity contribution in [3.63, 3.8) is 0 Å². The molecule has 0 saturated carbocycles. The topological polar surface area (TPSA) is 22.1 Å². The van der Waals surface area contributed by atoms with Gasteiger partial charge in [0.05, 0.1) is 12.1 Å². The maximum absolute atomic E-state index is 5.63. The highest BCUT2D eigenvalue weighted by Gasteiger charge is 2.16. The molecule has 0 N–H and O–H groups in total. The Hall–Kier alpha value is -1.09. The van der Waals surface area contributed by atoms with Crippen LogP contribution < -0.4 is 4.74 Å². The predicted octanol–water partition coefficient (Wildman–Crippen LogP) is 3.24. The molecule has 0 fully saturated rings. The molecule has 0 unspecified atom stereocenters. The fourth-order valence-electron chi connectivity index (χ4n) is 2.09. The van der Waals surface area contributed by atoms with Gasteiger partial charge in [0.15, 0.2) is 0 Å². The molecule has 1 aromatic heterocycles. The first kappa shape index (κ1) is 9.16. The highest BCUT2D eigenvalue weighted by Crippen LogP contribution is 2.35. The van der Waals surface area contributed by atoms with E-state index in [1.165, 1.54) is 10.9 Å². The lowest BCUT2D eigenvalue weighted by Crippen LogP contribution is -2.09. The van der Waals surface area contributed by atoms with Gasteiger partial charge in [0.1, 0.15) is 5.75 Å². The van der Waals surface area contributed by atoms with Crippen molar-refractivity contribution in [2.24, 2.45) is 0 Å². The van der Waals surface area contributed by atoms with Gasteiger partial charge in [0.25, 0.3) is 0 Å². The molecule has 0 radical (unpaired) electrons. The first-order valence-corrected chi connectivity index (χ1v) is 5.76. The second-order valence-electron chi connectivity index (χ2n) is 3.79. The van der Waals surface area contributed by atoms with E-state index >= 15 is 0 Å². The predicted molar refractivity (Wildman–Crippen MR) is 63.4 cm³/mol. The van der Waals surface area contributed by atoms with Crippen molar-refractivity contribution in [1.82, 2.24) is 4.98 Å². The minimum atomic E-state index is 0.771. The standard InChI is InChI=1S/C12H10BrNO/c1-7-6-8-4-5-15-10-3-2-9(13)12(14-7)11(8)10/h2-3,6H,4-5H2,1H3. The summed E-state index contributed by atoms with van der Waals surface area (Å²) in [5, 5.41) is 1.17. The lowest BCUT2D eigenvalue weighted by molar-refractivity contribution is 0.318. The molecule has 2 aromatic rings. The average molecular weight is 264 g/mol. The molecule has 1 aromatic carbocycles. The number of halogens is 1. The lowest BCUT2D eigenvalue weighted by Gasteiger charge is -2.18. The Morgan fingerprint density at radius 3 is 3.13 bits per heavy atom. The molecule has 3 heteroatoms. The maximum Gasteiger partial charge on any atom is 0.129 e. The Balaban J connectivity index is 2.50. The van der Waals surface area contributed by atoms with Gasteiger partial charge in [-0.05, 0) is 46.6 Å². The van der Waals surface area contributed by atoms with Gasteiger partial charge in [0.2, 0.25) is 0 Å². The van der Waals surface area contributed by atoms with Crippen LogP contribution in [0.25, 0.3) is 10.9 Å². The Morgan fingerprint density at radius 1 is 1.40 bits per heavy atom. The summed E-state index contributed by atoms with van der Waals surface area (Å²) < 4.78 is 6.67. The Bertz CT molecular complexity index is 551. The van der Waals surface area contributed by atoms with Crippen LogP contribution in [0.1, 0.15) is 11.3 Å². The molecule has 2 heterocycles. The van der Waals surface area contributed by atoms with E-state index in [4.69, 9.17) is 4.74 Å². The van der Waals surface area contributed by atoms with Gasteiger partial charge in [-0.25, -0.2) is 0 Å². The number of rotatable bonds is 0. The van der Waals surface area contributed by atoms with Crippen LogP contribution in [-0.2, 0) is 6.42 Å². The number of hydrogen-bond acceptors (Lipinski definition) is 2. The van der Waals surface area contributed by atoms with Crippen LogP contribution in [0.5, 0.6) is 5.75 Å². The van der Waals surface area contributed by atoms with Crippen LogP contribution in [0.3, 0.4) is 0 Å². The summed E-state index contributed by atoms with van der Waals surface area (Å²) in [6.07, 6.45) is 0.976. The number of benzene rings is 1. The van der Waals surface area contributed by atoms with Crippen molar-refractivity contribution in [2.45, 2.75) is 13.3 Å². The van der Waals surface area contributed by atoms with Gasteiger partial charge in [-0.15, -0.1) is 0 Å². The van der Waals surface area contributed by atoms with Crippen LogP contribution >= 0.6 is 15.9 Å². The molecule has 0 bridgehead atoms. The molecule has 3 rings (SSSR count). The minimum absolute atomic E-state index is 0.771. The Labute approximate surface area is 96.4 Å². The Kier molecular flexibility index (Phi) is 1.96. The first-order chi connectivity index (χ1) is 7.25. The molecule has 1 aliphatic heterocycles. The van der Waals surface area contributed by atoms with Crippen molar-refractivity contribution >= 4 is 26.8 Å². The van der Waals surface area contributed by atoms with Gasteiger partial charge in [-0.1, -0.05) is 0 Å². The average Bonchev–Trinajstić information content (AvgIpc) is 2.23. The molecule has 0 amide bonds. The van der Waals surface area contributed by atoms with E-state index in [0.29, 0.717) is 0 Å². The van der Waals surface area contributed by atoms with Crippen molar-refractivity contribution in [3.8, 4) is 5.75 Å². The zero-order valence-electron chi connectivity index (χ0n) is 8.38. The number of nitrogens with zero attached hydrogens (tertiary/aromatic N) is 1. The molecule has 0 spiro atoms. The first-order valence-electron chi connectivity index (χ1n) is 4.97. The normalized spacial score (nSPS) is 14.0. The third-order valence-corrected chi connectivity index (χ3v) is 3.35. The minimum Gasteiger partial charge on any atom is -0.493 e. The maximum atomic E-state index is 5.63. The second-order valence-corrected chi connectivity index (χ2v) is 4.64. The lowest BCUT2D eigenvalue weighted by atomic mass is 10.0. The van der Waals surface area contributed by atoms with Gasteiger partial charge >= 0.3 is 0 Å². The van der Waals surface area contributed by atoms with Gasteiger partial charge in [-0.3, -0.25) is 4.98 Å². The third kappa shape index (κ3) is 1.34. The summed E-state index contributed by atoms with van der Waals surface area (Å²) in [6, 6.07) is 6.16. The van der Waals surface area contributed by atoms with Gasteiger partial charge < -0.3 is 4.74 Å². The van der Waals surface area contributed by atoms with E-state index in [-0.39, 0.29) is 0 Å². The molecule has 76 valence electrons. The second kappa shape index (κ2) is 3.20. The Morgan fingerprint density at radius 2 is 2.27 bits per heavy atom. The molecule has 0 aliphatic carbocycles. The van der Waals surface area contributed by atoms with E-state index in [9.17, 15) is 0 Å². The van der Waals surface area contributed by atoms with E-state index in [1.54, 1.807) is 0 Å². The summed E-state index contributed by atoms with van der Waals surface area (Å²) >= 11 is 3.53. The monoisotopic (exact) mass is 263 g/mol. The summed E-state index contributed by atoms with van der Waals surface area (Å²) in [6.45, 7) is 2.80. The number of ether oxygens (including phenoxy) is 1. The fourth-order valence-corrected chi connectivity index (χ4v) is 2.51. The number of pyridine rings is 1. The smallest absolute Gasteiger partial charge is 0.129 e. The van der Waals surface area contributed by atoms with Crippen molar-refractivity contribution in [1.29, 1.82) is 0 Å². The van der Waals surface area contributed by atoms with E-state index < -0.39 is 0 Å². The largest absolute Gasteiger partial charge is 0.493 e. The number of aromatic nitrogens is 1. The molecule has 15 heavy (non-hydrogen) atoms. The van der Waals surface area contributed by atoms with Crippen LogP contribution in [0.15, 0.2) is 22.7 Å². The summed E-state index contributed by atoms with van der Waals surface area (Å²) in [5.74, 6) is 0.960.